The third kappa shape index (κ3) is 5.87. The average molecular weight is 276 g/mol. The highest BCUT2D eigenvalue weighted by atomic mass is 19.4. The summed E-state index contributed by atoms with van der Waals surface area (Å²) < 4.78 is 37.1. The predicted octanol–water partition coefficient (Wildman–Crippen LogP) is 2.36. The average Bonchev–Trinajstić information content (AvgIpc) is 2.33. The third-order valence-corrected chi connectivity index (χ3v) is 2.47. The molecule has 7 heteroatoms. The van der Waals surface area contributed by atoms with Crippen molar-refractivity contribution < 1.29 is 13.2 Å². The topological polar surface area (TPSA) is 41.0 Å². The van der Waals surface area contributed by atoms with Crippen molar-refractivity contribution in [3.63, 3.8) is 0 Å². The van der Waals surface area contributed by atoms with Crippen LogP contribution in [-0.4, -0.2) is 35.5 Å². The van der Waals surface area contributed by atoms with E-state index in [-0.39, 0.29) is 12.4 Å². The summed E-state index contributed by atoms with van der Waals surface area (Å²) >= 11 is 0. The molecule has 1 rings (SSSR count). The summed E-state index contributed by atoms with van der Waals surface area (Å²) in [6.07, 6.45) is -4.24. The minimum atomic E-state index is -4.24. The zero-order valence-electron chi connectivity index (χ0n) is 11.3. The molecule has 0 amide bonds. The van der Waals surface area contributed by atoms with E-state index in [1.165, 1.54) is 0 Å². The van der Waals surface area contributed by atoms with Gasteiger partial charge in [0.05, 0.1) is 5.69 Å². The number of nitrogens with one attached hydrogen (secondary N) is 1. The summed E-state index contributed by atoms with van der Waals surface area (Å²) in [5.41, 5.74) is 0.709. The highest BCUT2D eigenvalue weighted by Crippen LogP contribution is 2.20. The lowest BCUT2D eigenvalue weighted by atomic mass is 10.3. The summed E-state index contributed by atoms with van der Waals surface area (Å²) in [5, 5.41) is 10.9. The molecule has 0 aliphatic rings. The summed E-state index contributed by atoms with van der Waals surface area (Å²) in [5.74, 6) is 0.244. The molecule has 1 aromatic rings. The molecule has 0 saturated heterocycles. The van der Waals surface area contributed by atoms with Crippen molar-refractivity contribution in [1.29, 1.82) is 0 Å². The van der Waals surface area contributed by atoms with E-state index >= 15 is 0 Å². The first-order valence-corrected chi connectivity index (χ1v) is 6.19. The van der Waals surface area contributed by atoms with E-state index in [1.807, 2.05) is 13.8 Å². The van der Waals surface area contributed by atoms with Gasteiger partial charge in [-0.15, -0.1) is 5.10 Å². The molecule has 0 aromatic carbocycles. The van der Waals surface area contributed by atoms with Crippen molar-refractivity contribution in [2.45, 2.75) is 39.5 Å². The van der Waals surface area contributed by atoms with E-state index in [9.17, 15) is 13.2 Å². The van der Waals surface area contributed by atoms with E-state index in [1.54, 1.807) is 19.1 Å². The summed E-state index contributed by atoms with van der Waals surface area (Å²) in [7, 11) is 0. The van der Waals surface area contributed by atoms with Gasteiger partial charge in [0.15, 0.2) is 5.82 Å². The second-order valence-corrected chi connectivity index (χ2v) is 4.55. The Balaban J connectivity index is 2.68. The smallest absolute Gasteiger partial charge is 0.346 e. The van der Waals surface area contributed by atoms with Crippen LogP contribution in [0.3, 0.4) is 0 Å². The highest BCUT2D eigenvalue weighted by Gasteiger charge is 2.30. The molecule has 19 heavy (non-hydrogen) atoms. The first-order chi connectivity index (χ1) is 8.81. The van der Waals surface area contributed by atoms with Crippen LogP contribution >= 0.6 is 0 Å². The lowest BCUT2D eigenvalue weighted by Crippen LogP contribution is -2.34. The Morgan fingerprint density at radius 2 is 1.95 bits per heavy atom. The van der Waals surface area contributed by atoms with Crippen molar-refractivity contribution >= 4 is 5.82 Å². The number of aromatic nitrogens is 2. The number of hydrogen-bond donors (Lipinski definition) is 1. The van der Waals surface area contributed by atoms with Gasteiger partial charge in [-0.2, -0.15) is 18.3 Å². The second kappa shape index (κ2) is 6.70. The van der Waals surface area contributed by atoms with Gasteiger partial charge in [0.1, 0.15) is 6.54 Å². The maximum atomic E-state index is 12.4. The molecular weight excluding hydrogens is 257 g/mol. The zero-order chi connectivity index (χ0) is 14.5. The Labute approximate surface area is 111 Å². The Hall–Kier alpha value is -1.37. The summed E-state index contributed by atoms with van der Waals surface area (Å²) in [6, 6.07) is 3.58. The molecule has 0 unspecified atom stereocenters. The van der Waals surface area contributed by atoms with Crippen LogP contribution in [0.25, 0.3) is 0 Å². The zero-order valence-corrected chi connectivity index (χ0v) is 11.3. The van der Waals surface area contributed by atoms with Crippen LogP contribution in [0, 0.1) is 0 Å². The van der Waals surface area contributed by atoms with Crippen LogP contribution in [0.1, 0.15) is 26.5 Å². The molecule has 108 valence electrons. The maximum Gasteiger partial charge on any atom is 0.405 e. The molecule has 0 aliphatic heterocycles. The van der Waals surface area contributed by atoms with Gasteiger partial charge < -0.3 is 10.2 Å². The molecular formula is C12H19F3N4. The monoisotopic (exact) mass is 276 g/mol. The van der Waals surface area contributed by atoms with E-state index in [0.717, 1.165) is 4.90 Å². The Kier molecular flexibility index (Phi) is 5.53. The molecule has 0 saturated carbocycles. The van der Waals surface area contributed by atoms with Gasteiger partial charge in [0.25, 0.3) is 0 Å². The first-order valence-electron chi connectivity index (χ1n) is 6.19. The highest BCUT2D eigenvalue weighted by molar-refractivity contribution is 5.37. The predicted molar refractivity (Wildman–Crippen MR) is 67.9 cm³/mol. The lowest BCUT2D eigenvalue weighted by Gasteiger charge is -2.22. The number of rotatable bonds is 6. The molecule has 0 fully saturated rings. The molecule has 0 bridgehead atoms. The number of hydrogen-bond acceptors (Lipinski definition) is 4. The fourth-order valence-electron chi connectivity index (χ4n) is 1.50. The molecule has 4 nitrogen and oxygen atoms in total. The largest absolute Gasteiger partial charge is 0.405 e. The Morgan fingerprint density at radius 3 is 2.37 bits per heavy atom. The van der Waals surface area contributed by atoms with Crippen LogP contribution in [0.15, 0.2) is 12.1 Å². The molecule has 0 spiro atoms. The maximum absolute atomic E-state index is 12.4. The molecule has 1 aromatic heterocycles. The fourth-order valence-corrected chi connectivity index (χ4v) is 1.50. The van der Waals surface area contributed by atoms with Gasteiger partial charge in [-0.3, -0.25) is 0 Å². The van der Waals surface area contributed by atoms with Gasteiger partial charge in [0.2, 0.25) is 0 Å². The van der Waals surface area contributed by atoms with Gasteiger partial charge in [-0.1, -0.05) is 13.8 Å². The van der Waals surface area contributed by atoms with Gasteiger partial charge in [0, 0.05) is 19.1 Å². The van der Waals surface area contributed by atoms with Gasteiger partial charge in [-0.05, 0) is 19.1 Å². The van der Waals surface area contributed by atoms with Crippen molar-refractivity contribution in [2.24, 2.45) is 0 Å². The summed E-state index contributed by atoms with van der Waals surface area (Å²) in [4.78, 5) is 1.15. The molecule has 0 aliphatic carbocycles. The van der Waals surface area contributed by atoms with E-state index in [2.05, 4.69) is 15.5 Å². The standard InChI is InChI=1S/C12H19F3N4/c1-4-19(8-12(13,14)15)11-6-5-10(17-18-11)7-16-9(2)3/h5-6,9,16H,4,7-8H2,1-3H3. The van der Waals surface area contributed by atoms with E-state index in [0.29, 0.717) is 18.3 Å². The van der Waals surface area contributed by atoms with Crippen LogP contribution in [0.2, 0.25) is 0 Å². The fraction of sp³-hybridized carbons (Fsp3) is 0.667. The molecule has 0 atom stereocenters. The Bertz CT molecular complexity index is 376. The quantitative estimate of drug-likeness (QED) is 0.866. The van der Waals surface area contributed by atoms with Gasteiger partial charge in [-0.25, -0.2) is 0 Å². The van der Waals surface area contributed by atoms with Crippen LogP contribution < -0.4 is 10.2 Å². The van der Waals surface area contributed by atoms with Crippen molar-refractivity contribution in [3.05, 3.63) is 17.8 Å². The number of halogens is 3. The van der Waals surface area contributed by atoms with Crippen molar-refractivity contribution in [3.8, 4) is 0 Å². The number of alkyl halides is 3. The van der Waals surface area contributed by atoms with E-state index in [4.69, 9.17) is 0 Å². The normalized spacial score (nSPS) is 11.9. The lowest BCUT2D eigenvalue weighted by molar-refractivity contribution is -0.119. The van der Waals surface area contributed by atoms with Crippen molar-refractivity contribution in [2.75, 3.05) is 18.0 Å². The van der Waals surface area contributed by atoms with Crippen LogP contribution in [-0.2, 0) is 6.54 Å². The number of nitrogens with zero attached hydrogens (tertiary/aromatic N) is 3. The second-order valence-electron chi connectivity index (χ2n) is 4.55. The third-order valence-electron chi connectivity index (χ3n) is 2.47. The number of anilines is 1. The van der Waals surface area contributed by atoms with Crippen LogP contribution in [0.5, 0.6) is 0 Å². The SMILES string of the molecule is CCN(CC(F)(F)F)c1ccc(CNC(C)C)nn1. The summed E-state index contributed by atoms with van der Waals surface area (Å²) in [6.45, 7) is 5.44. The Morgan fingerprint density at radius 1 is 1.26 bits per heavy atom. The first kappa shape index (κ1) is 15.7. The minimum absolute atomic E-state index is 0.234. The van der Waals surface area contributed by atoms with Gasteiger partial charge >= 0.3 is 6.18 Å². The molecule has 1 N–H and O–H groups in total. The minimum Gasteiger partial charge on any atom is -0.346 e. The van der Waals surface area contributed by atoms with E-state index < -0.39 is 12.7 Å². The van der Waals surface area contributed by atoms with Crippen LogP contribution in [0.4, 0.5) is 19.0 Å². The van der Waals surface area contributed by atoms with Crippen molar-refractivity contribution in [1.82, 2.24) is 15.5 Å². The molecule has 1 heterocycles. The molecule has 0 radical (unpaired) electrons.